The fourth-order valence-electron chi connectivity index (χ4n) is 1.40. The Hall–Kier alpha value is 0.0969. The average molecular weight is 191 g/mol. The van der Waals surface area contributed by atoms with E-state index in [1.807, 2.05) is 0 Å². The molecule has 0 aromatic heterocycles. The van der Waals surface area contributed by atoms with Gasteiger partial charge in [0.25, 0.3) is 0 Å². The molecule has 2 N–H and O–H groups in total. The molecule has 0 saturated carbocycles. The molecule has 0 radical (unpaired) electrons. The maximum atomic E-state index is 5.54. The quantitative estimate of drug-likeness (QED) is 0.494. The Morgan fingerprint density at radius 1 is 1.33 bits per heavy atom. The summed E-state index contributed by atoms with van der Waals surface area (Å²) in [6, 6.07) is 1.18. The highest BCUT2D eigenvalue weighted by molar-refractivity contribution is 6.58. The van der Waals surface area contributed by atoms with Gasteiger partial charge in [0.15, 0.2) is 0 Å². The highest BCUT2D eigenvalue weighted by Gasteiger charge is 2.19. The molecule has 0 aliphatic heterocycles. The van der Waals surface area contributed by atoms with E-state index in [1.165, 1.54) is 6.04 Å². The minimum atomic E-state index is -0.917. The van der Waals surface area contributed by atoms with Crippen LogP contribution >= 0.6 is 0 Å². The van der Waals surface area contributed by atoms with Crippen LogP contribution in [0.15, 0.2) is 0 Å². The SMILES string of the molecule is COC(OC)[SiH](C)CC(C)CN. The molecule has 74 valence electrons. The zero-order valence-corrected chi connectivity index (χ0v) is 9.69. The molecule has 2 unspecified atom stereocenters. The average Bonchev–Trinajstić information content (AvgIpc) is 2.06. The second-order valence-electron chi connectivity index (χ2n) is 3.39. The third-order valence-corrected chi connectivity index (χ3v) is 5.13. The molecule has 0 aliphatic rings. The molecule has 0 aliphatic carbocycles. The first-order chi connectivity index (χ1) is 5.65. The molecule has 0 saturated heterocycles. The third kappa shape index (κ3) is 4.20. The summed E-state index contributed by atoms with van der Waals surface area (Å²) in [4.78, 5) is 0. The molecule has 0 spiro atoms. The van der Waals surface area contributed by atoms with Crippen LogP contribution in [-0.4, -0.2) is 35.5 Å². The van der Waals surface area contributed by atoms with Crippen molar-refractivity contribution in [3.05, 3.63) is 0 Å². The second kappa shape index (κ2) is 6.60. The molecule has 0 aromatic carbocycles. The summed E-state index contributed by atoms with van der Waals surface area (Å²) in [5, 5.41) is 0. The number of methoxy groups -OCH3 is 2. The summed E-state index contributed by atoms with van der Waals surface area (Å²) in [5.74, 6) is 0.637. The van der Waals surface area contributed by atoms with Gasteiger partial charge < -0.3 is 15.2 Å². The van der Waals surface area contributed by atoms with Gasteiger partial charge >= 0.3 is 0 Å². The van der Waals surface area contributed by atoms with E-state index in [0.717, 1.165) is 6.54 Å². The van der Waals surface area contributed by atoms with Crippen molar-refractivity contribution >= 4 is 8.80 Å². The predicted molar refractivity (Wildman–Crippen MR) is 53.8 cm³/mol. The van der Waals surface area contributed by atoms with Crippen molar-refractivity contribution in [1.82, 2.24) is 0 Å². The van der Waals surface area contributed by atoms with Crippen LogP contribution in [0.4, 0.5) is 0 Å². The lowest BCUT2D eigenvalue weighted by molar-refractivity contribution is -0.0471. The maximum Gasteiger partial charge on any atom is 0.137 e. The van der Waals surface area contributed by atoms with Gasteiger partial charge in [0.1, 0.15) is 14.7 Å². The van der Waals surface area contributed by atoms with E-state index in [9.17, 15) is 0 Å². The molecule has 0 aromatic rings. The Labute approximate surface area is 76.8 Å². The van der Waals surface area contributed by atoms with Gasteiger partial charge in [-0.2, -0.15) is 0 Å². The van der Waals surface area contributed by atoms with E-state index in [1.54, 1.807) is 14.2 Å². The van der Waals surface area contributed by atoms with E-state index < -0.39 is 8.80 Å². The van der Waals surface area contributed by atoms with Crippen LogP contribution in [0, 0.1) is 5.92 Å². The second-order valence-corrected chi connectivity index (χ2v) is 6.36. The van der Waals surface area contributed by atoms with Gasteiger partial charge in [-0.05, 0) is 12.5 Å². The van der Waals surface area contributed by atoms with Gasteiger partial charge in [-0.15, -0.1) is 0 Å². The van der Waals surface area contributed by atoms with Crippen LogP contribution < -0.4 is 5.73 Å². The van der Waals surface area contributed by atoms with Crippen LogP contribution in [0.1, 0.15) is 6.92 Å². The fourth-order valence-corrected chi connectivity index (χ4v) is 4.02. The van der Waals surface area contributed by atoms with E-state index in [0.29, 0.717) is 5.92 Å². The fraction of sp³-hybridized carbons (Fsp3) is 1.00. The lowest BCUT2D eigenvalue weighted by Crippen LogP contribution is -2.33. The molecule has 2 atom stereocenters. The van der Waals surface area contributed by atoms with Crippen molar-refractivity contribution in [2.75, 3.05) is 20.8 Å². The van der Waals surface area contributed by atoms with E-state index in [4.69, 9.17) is 15.2 Å². The number of ether oxygens (including phenoxy) is 2. The third-order valence-electron chi connectivity index (χ3n) is 2.11. The first-order valence-corrected chi connectivity index (χ1v) is 7.05. The Bertz CT molecular complexity index is 109. The first-order valence-electron chi connectivity index (χ1n) is 4.41. The summed E-state index contributed by atoms with van der Waals surface area (Å²) in [6.45, 7) is 5.19. The molecule has 0 rings (SSSR count). The maximum absolute atomic E-state index is 5.54. The summed E-state index contributed by atoms with van der Waals surface area (Å²) < 4.78 is 10.4. The number of hydrogen-bond acceptors (Lipinski definition) is 3. The highest BCUT2D eigenvalue weighted by atomic mass is 28.3. The molecule has 0 fully saturated rings. The predicted octanol–water partition coefficient (Wildman–Crippen LogP) is 0.596. The van der Waals surface area contributed by atoms with Crippen molar-refractivity contribution in [1.29, 1.82) is 0 Å². The molecular formula is C8H21NO2Si. The minimum Gasteiger partial charge on any atom is -0.360 e. The Kier molecular flexibility index (Phi) is 6.65. The smallest absolute Gasteiger partial charge is 0.137 e. The molecular weight excluding hydrogens is 170 g/mol. The summed E-state index contributed by atoms with van der Waals surface area (Å²) in [7, 11) is 2.48. The van der Waals surface area contributed by atoms with Crippen molar-refractivity contribution in [2.45, 2.75) is 25.4 Å². The standard InChI is InChI=1S/C8H21NO2Si/c1-7(5-9)6-12(4)8(10-2)11-3/h7-8,12H,5-6,9H2,1-4H3. The summed E-state index contributed by atoms with van der Waals surface area (Å²) in [5.41, 5.74) is 5.54. The van der Waals surface area contributed by atoms with Crippen molar-refractivity contribution in [2.24, 2.45) is 11.7 Å². The van der Waals surface area contributed by atoms with Crippen molar-refractivity contribution in [3.63, 3.8) is 0 Å². The molecule has 0 bridgehead atoms. The lowest BCUT2D eigenvalue weighted by Gasteiger charge is -2.21. The monoisotopic (exact) mass is 191 g/mol. The highest BCUT2D eigenvalue weighted by Crippen LogP contribution is 2.10. The molecule has 12 heavy (non-hydrogen) atoms. The Morgan fingerprint density at radius 3 is 2.17 bits per heavy atom. The molecule has 0 amide bonds. The Morgan fingerprint density at radius 2 is 1.83 bits per heavy atom. The van der Waals surface area contributed by atoms with E-state index in [-0.39, 0.29) is 5.91 Å². The van der Waals surface area contributed by atoms with Gasteiger partial charge in [-0.25, -0.2) is 0 Å². The topological polar surface area (TPSA) is 44.5 Å². The minimum absolute atomic E-state index is 0.0407. The Balaban J connectivity index is 3.75. The first kappa shape index (κ1) is 12.1. The van der Waals surface area contributed by atoms with Gasteiger partial charge in [0, 0.05) is 14.2 Å². The molecule has 3 nitrogen and oxygen atoms in total. The molecule has 4 heteroatoms. The lowest BCUT2D eigenvalue weighted by atomic mass is 10.2. The van der Waals surface area contributed by atoms with Crippen LogP contribution in [0.5, 0.6) is 0 Å². The van der Waals surface area contributed by atoms with Gasteiger partial charge in [-0.3, -0.25) is 0 Å². The molecule has 0 heterocycles. The van der Waals surface area contributed by atoms with E-state index >= 15 is 0 Å². The largest absolute Gasteiger partial charge is 0.360 e. The number of nitrogens with two attached hydrogens (primary N) is 1. The van der Waals surface area contributed by atoms with Crippen LogP contribution in [0.3, 0.4) is 0 Å². The normalized spacial score (nSPS) is 16.5. The zero-order valence-electron chi connectivity index (χ0n) is 8.54. The summed E-state index contributed by atoms with van der Waals surface area (Å²) >= 11 is 0. The zero-order chi connectivity index (χ0) is 9.56. The van der Waals surface area contributed by atoms with E-state index in [2.05, 4.69) is 13.5 Å². The van der Waals surface area contributed by atoms with Crippen LogP contribution in [-0.2, 0) is 9.47 Å². The van der Waals surface area contributed by atoms with Crippen LogP contribution in [0.2, 0.25) is 12.6 Å². The summed E-state index contributed by atoms with van der Waals surface area (Å²) in [6.07, 6.45) is 0. The number of rotatable bonds is 6. The van der Waals surface area contributed by atoms with Gasteiger partial charge in [0.05, 0.1) is 0 Å². The van der Waals surface area contributed by atoms with Crippen molar-refractivity contribution in [3.8, 4) is 0 Å². The van der Waals surface area contributed by atoms with Crippen LogP contribution in [0.25, 0.3) is 0 Å². The van der Waals surface area contributed by atoms with Crippen molar-refractivity contribution < 1.29 is 9.47 Å². The van der Waals surface area contributed by atoms with Gasteiger partial charge in [-0.1, -0.05) is 19.5 Å². The number of hydrogen-bond donors (Lipinski definition) is 1. The van der Waals surface area contributed by atoms with Gasteiger partial charge in [0.2, 0.25) is 0 Å².